The van der Waals surface area contributed by atoms with Gasteiger partial charge in [0.1, 0.15) is 0 Å². The molecule has 40 heavy (non-hydrogen) atoms. The van der Waals surface area contributed by atoms with Crippen LogP contribution in [0.1, 0.15) is 13.3 Å². The molecule has 3 rings (SSSR count). The standard InChI is InChI=1S/C23H30O5Si3.C6H14O3/c1-24-29(4,21-15-9-6-10-16-21)27-31(26-3,23-19-13-8-14-20-23)28-30(5,25-2)22-17-11-7-12-18-22;1-2-6(3-7,4-8)5-9/h6-20H,1-5H3;7-9H,2-5H2,1H3. The van der Waals surface area contributed by atoms with E-state index in [-0.39, 0.29) is 19.8 Å². The Labute approximate surface area is 242 Å². The second kappa shape index (κ2) is 15.8. The summed E-state index contributed by atoms with van der Waals surface area (Å²) >= 11 is 0. The van der Waals surface area contributed by atoms with Crippen molar-refractivity contribution < 1.29 is 36.8 Å². The van der Waals surface area contributed by atoms with Crippen LogP contribution < -0.4 is 15.6 Å². The van der Waals surface area contributed by atoms with Gasteiger partial charge in [0, 0.05) is 31.9 Å². The summed E-state index contributed by atoms with van der Waals surface area (Å²) < 4.78 is 32.0. The summed E-state index contributed by atoms with van der Waals surface area (Å²) in [5, 5.41) is 28.9. The molecule has 0 saturated carbocycles. The fourth-order valence-corrected chi connectivity index (χ4v) is 14.7. The van der Waals surface area contributed by atoms with Crippen molar-refractivity contribution in [1.82, 2.24) is 0 Å². The van der Waals surface area contributed by atoms with Crippen molar-refractivity contribution in [3.8, 4) is 0 Å². The summed E-state index contributed by atoms with van der Waals surface area (Å²) in [5.41, 5.74) is -0.667. The van der Waals surface area contributed by atoms with E-state index in [2.05, 4.69) is 0 Å². The van der Waals surface area contributed by atoms with Gasteiger partial charge in [-0.05, 0) is 29.9 Å². The molecular weight excluding hydrogens is 561 g/mol. The maximum atomic E-state index is 8.66. The summed E-state index contributed by atoms with van der Waals surface area (Å²) in [7, 11) is -4.19. The molecular formula is C29H44O8Si3. The van der Waals surface area contributed by atoms with Crippen LogP contribution in [0.4, 0.5) is 0 Å². The van der Waals surface area contributed by atoms with Crippen LogP contribution in [0.25, 0.3) is 0 Å². The number of hydrogen-bond donors (Lipinski definition) is 3. The lowest BCUT2D eigenvalue weighted by atomic mass is 9.88. The van der Waals surface area contributed by atoms with E-state index in [1.807, 2.05) is 111 Å². The third-order valence-corrected chi connectivity index (χ3v) is 18.4. The smallest absolute Gasteiger partial charge is 0.396 e. The van der Waals surface area contributed by atoms with Gasteiger partial charge < -0.3 is 36.8 Å². The minimum absolute atomic E-state index is 0.156. The van der Waals surface area contributed by atoms with E-state index >= 15 is 0 Å². The largest absolute Gasteiger partial charge is 0.519 e. The van der Waals surface area contributed by atoms with Gasteiger partial charge in [-0.2, -0.15) is 0 Å². The first-order valence-electron chi connectivity index (χ1n) is 13.2. The van der Waals surface area contributed by atoms with Crippen LogP contribution in [-0.4, -0.2) is 82.4 Å². The Bertz CT molecular complexity index is 1030. The van der Waals surface area contributed by atoms with Crippen molar-refractivity contribution >= 4 is 41.5 Å². The molecule has 0 fully saturated rings. The minimum Gasteiger partial charge on any atom is -0.396 e. The predicted molar refractivity (Wildman–Crippen MR) is 164 cm³/mol. The highest BCUT2D eigenvalue weighted by molar-refractivity contribution is 6.96. The molecule has 0 aromatic heterocycles. The van der Waals surface area contributed by atoms with Crippen LogP contribution in [-0.2, 0) is 21.5 Å². The number of hydrogen-bond acceptors (Lipinski definition) is 8. The molecule has 8 nitrogen and oxygen atoms in total. The van der Waals surface area contributed by atoms with Gasteiger partial charge in [0.2, 0.25) is 0 Å². The quantitative estimate of drug-likeness (QED) is 0.240. The van der Waals surface area contributed by atoms with Gasteiger partial charge in [-0.15, -0.1) is 0 Å². The molecule has 0 aliphatic rings. The van der Waals surface area contributed by atoms with Crippen molar-refractivity contribution in [1.29, 1.82) is 0 Å². The molecule has 0 saturated heterocycles. The van der Waals surface area contributed by atoms with Crippen molar-refractivity contribution in [2.45, 2.75) is 26.4 Å². The van der Waals surface area contributed by atoms with Crippen molar-refractivity contribution in [2.24, 2.45) is 5.41 Å². The molecule has 2 unspecified atom stereocenters. The first-order chi connectivity index (χ1) is 19.2. The molecule has 3 N–H and O–H groups in total. The van der Waals surface area contributed by atoms with Gasteiger partial charge in [0.15, 0.2) is 0 Å². The second-order valence-corrected chi connectivity index (χ2v) is 19.2. The van der Waals surface area contributed by atoms with E-state index in [0.29, 0.717) is 6.42 Å². The highest BCUT2D eigenvalue weighted by Crippen LogP contribution is 2.23. The minimum atomic E-state index is -3.45. The Morgan fingerprint density at radius 1 is 0.550 bits per heavy atom. The fraction of sp³-hybridized carbons (Fsp3) is 0.379. The third kappa shape index (κ3) is 8.27. The fourth-order valence-electron chi connectivity index (χ4n) is 3.90. The van der Waals surface area contributed by atoms with Gasteiger partial charge in [-0.3, -0.25) is 0 Å². The topological polar surface area (TPSA) is 107 Å². The van der Waals surface area contributed by atoms with E-state index in [0.717, 1.165) is 15.6 Å². The van der Waals surface area contributed by atoms with E-state index in [1.165, 1.54) is 0 Å². The summed E-state index contributed by atoms with van der Waals surface area (Å²) in [5.74, 6) is 0. The first-order valence-corrected chi connectivity index (χ1v) is 19.6. The average Bonchev–Trinajstić information content (AvgIpc) is 3.03. The zero-order valence-corrected chi connectivity index (χ0v) is 27.4. The van der Waals surface area contributed by atoms with Gasteiger partial charge >= 0.3 is 25.9 Å². The molecule has 0 spiro atoms. The molecule has 0 amide bonds. The lowest BCUT2D eigenvalue weighted by Gasteiger charge is -2.41. The molecule has 0 bridgehead atoms. The zero-order valence-electron chi connectivity index (χ0n) is 24.4. The lowest BCUT2D eigenvalue weighted by molar-refractivity contribution is 0.00304. The normalized spacial score (nSPS) is 16.1. The number of aliphatic hydroxyl groups excluding tert-OH is 3. The number of benzene rings is 3. The molecule has 2 atom stereocenters. The van der Waals surface area contributed by atoms with E-state index in [4.69, 9.17) is 36.8 Å². The van der Waals surface area contributed by atoms with Crippen LogP contribution in [0.5, 0.6) is 0 Å². The lowest BCUT2D eigenvalue weighted by Crippen LogP contribution is -2.71. The van der Waals surface area contributed by atoms with Crippen molar-refractivity contribution in [3.05, 3.63) is 91.0 Å². The molecule has 0 heterocycles. The van der Waals surface area contributed by atoms with Gasteiger partial charge in [0.05, 0.1) is 19.8 Å². The first kappa shape index (κ1) is 34.2. The molecule has 3 aromatic rings. The maximum absolute atomic E-state index is 8.66. The Balaban J connectivity index is 0.000000536. The van der Waals surface area contributed by atoms with Crippen LogP contribution >= 0.6 is 0 Å². The Kier molecular flexibility index (Phi) is 13.5. The summed E-state index contributed by atoms with van der Waals surface area (Å²) in [6.07, 6.45) is 0.594. The molecule has 0 aliphatic heterocycles. The summed E-state index contributed by atoms with van der Waals surface area (Å²) in [6, 6.07) is 29.9. The number of rotatable bonds is 14. The molecule has 220 valence electrons. The molecule has 3 aromatic carbocycles. The second-order valence-electron chi connectivity index (χ2n) is 9.69. The zero-order chi connectivity index (χ0) is 29.7. The molecule has 0 aliphatic carbocycles. The van der Waals surface area contributed by atoms with Gasteiger partial charge in [-0.1, -0.05) is 97.9 Å². The summed E-state index contributed by atoms with van der Waals surface area (Å²) in [6.45, 7) is 5.39. The van der Waals surface area contributed by atoms with Crippen molar-refractivity contribution in [3.63, 3.8) is 0 Å². The maximum Gasteiger partial charge on any atom is 0.519 e. The van der Waals surface area contributed by atoms with E-state index < -0.39 is 31.3 Å². The molecule has 11 heteroatoms. The average molecular weight is 605 g/mol. The van der Waals surface area contributed by atoms with Crippen LogP contribution in [0, 0.1) is 5.41 Å². The third-order valence-electron chi connectivity index (χ3n) is 7.19. The van der Waals surface area contributed by atoms with Gasteiger partial charge in [0.25, 0.3) is 0 Å². The van der Waals surface area contributed by atoms with Crippen LogP contribution in [0.3, 0.4) is 0 Å². The Morgan fingerprint density at radius 2 is 0.875 bits per heavy atom. The predicted octanol–water partition coefficient (Wildman–Crippen LogP) is 2.12. The Morgan fingerprint density at radius 3 is 1.10 bits per heavy atom. The highest BCUT2D eigenvalue weighted by Gasteiger charge is 2.56. The van der Waals surface area contributed by atoms with Gasteiger partial charge in [-0.25, -0.2) is 0 Å². The summed E-state index contributed by atoms with van der Waals surface area (Å²) in [4.78, 5) is 0. The van der Waals surface area contributed by atoms with E-state index in [9.17, 15) is 0 Å². The van der Waals surface area contributed by atoms with Crippen molar-refractivity contribution in [2.75, 3.05) is 41.2 Å². The van der Waals surface area contributed by atoms with E-state index in [1.54, 1.807) is 21.3 Å². The van der Waals surface area contributed by atoms with Crippen LogP contribution in [0.15, 0.2) is 91.0 Å². The Hall–Kier alpha value is -2.01. The highest BCUT2D eigenvalue weighted by atomic mass is 28.5. The monoisotopic (exact) mass is 604 g/mol. The SMILES string of the molecule is CCC(CO)(CO)CO.CO[Si](C)(O[Si](OC)(O[Si](C)(OC)c1ccccc1)c1ccccc1)c1ccccc1. The molecule has 0 radical (unpaired) electrons. The van der Waals surface area contributed by atoms with Crippen LogP contribution in [0.2, 0.25) is 13.1 Å². The number of aliphatic hydroxyl groups is 3.